The van der Waals surface area contributed by atoms with Gasteiger partial charge in [0.2, 0.25) is 0 Å². The second kappa shape index (κ2) is 8.43. The fourth-order valence-electron chi connectivity index (χ4n) is 9.19. The second-order valence-electron chi connectivity index (χ2n) is 13.4. The van der Waals surface area contributed by atoms with Crippen molar-refractivity contribution in [2.75, 3.05) is 0 Å². The van der Waals surface area contributed by atoms with Crippen LogP contribution in [-0.4, -0.2) is 74.2 Å². The molecule has 43 heavy (non-hydrogen) atoms. The van der Waals surface area contributed by atoms with Crippen molar-refractivity contribution in [3.05, 3.63) is 95.6 Å². The van der Waals surface area contributed by atoms with E-state index in [1.165, 1.54) is 0 Å². The smallest absolute Gasteiger partial charge is 0.338 e. The van der Waals surface area contributed by atoms with E-state index in [4.69, 9.17) is 23.7 Å². The minimum Gasteiger partial charge on any atom is -0.455 e. The lowest BCUT2D eigenvalue weighted by Gasteiger charge is -2.61. The molecule has 2 saturated carbocycles. The van der Waals surface area contributed by atoms with Crippen molar-refractivity contribution in [3.8, 4) is 0 Å². The summed E-state index contributed by atoms with van der Waals surface area (Å²) in [6.45, 7) is 11.5. The molecule has 3 saturated heterocycles. The van der Waals surface area contributed by atoms with Gasteiger partial charge < -0.3 is 39.0 Å². The van der Waals surface area contributed by atoms with Crippen molar-refractivity contribution in [1.82, 2.24) is 0 Å². The molecule has 0 unspecified atom stereocenters. The first-order chi connectivity index (χ1) is 20.4. The number of carbonyl (C=O) groups excluding carboxylic acids is 1. The Hall–Kier alpha value is -2.89. The molecule has 0 amide bonds. The first-order valence-electron chi connectivity index (χ1n) is 14.9. The molecule has 3 aliphatic heterocycles. The Balaban J connectivity index is 1.40. The summed E-state index contributed by atoms with van der Waals surface area (Å²) in [5.41, 5.74) is -4.00. The number of hydrogen-bond donors (Lipinski definition) is 3. The van der Waals surface area contributed by atoms with Gasteiger partial charge >= 0.3 is 11.9 Å². The van der Waals surface area contributed by atoms with Gasteiger partial charge in [-0.05, 0) is 44.1 Å². The van der Waals surface area contributed by atoms with Crippen molar-refractivity contribution < 1.29 is 43.8 Å². The minimum atomic E-state index is -2.07. The van der Waals surface area contributed by atoms with Gasteiger partial charge in [-0.3, -0.25) is 0 Å². The maximum atomic E-state index is 13.7. The zero-order valence-corrected chi connectivity index (χ0v) is 24.5. The summed E-state index contributed by atoms with van der Waals surface area (Å²) >= 11 is 0. The molecule has 8 rings (SSSR count). The Morgan fingerprint density at radius 1 is 0.977 bits per heavy atom. The van der Waals surface area contributed by atoms with Gasteiger partial charge in [0.05, 0.1) is 17.3 Å². The van der Waals surface area contributed by atoms with E-state index in [0.29, 0.717) is 22.3 Å². The highest BCUT2D eigenvalue weighted by molar-refractivity contribution is 5.89. The fourth-order valence-corrected chi connectivity index (χ4v) is 9.19. The number of epoxide rings is 1. The molecular weight excluding hydrogens is 552 g/mol. The summed E-state index contributed by atoms with van der Waals surface area (Å²) in [5.74, 6) is -4.51. The molecule has 2 aromatic rings. The molecule has 2 aromatic carbocycles. The number of aliphatic hydroxyl groups is 3. The summed E-state index contributed by atoms with van der Waals surface area (Å²) in [6, 6.07) is 17.9. The number of hydrogen-bond acceptors (Lipinski definition) is 9. The third-order valence-electron chi connectivity index (χ3n) is 11.3. The molecule has 3 aliphatic carbocycles. The molecule has 0 aromatic heterocycles. The molecule has 9 nitrogen and oxygen atoms in total. The van der Waals surface area contributed by atoms with E-state index in [0.717, 1.165) is 0 Å². The third kappa shape index (κ3) is 3.04. The van der Waals surface area contributed by atoms with Crippen LogP contribution in [0.4, 0.5) is 0 Å². The van der Waals surface area contributed by atoms with E-state index < -0.39 is 82.6 Å². The summed E-state index contributed by atoms with van der Waals surface area (Å²) < 4.78 is 33.7. The topological polar surface area (TPSA) is 127 Å². The molecule has 3 N–H and O–H groups in total. The molecule has 13 atom stereocenters. The number of carbonyl (C=O) groups is 1. The van der Waals surface area contributed by atoms with Crippen LogP contribution in [0.2, 0.25) is 0 Å². The van der Waals surface area contributed by atoms with Crippen LogP contribution in [0.25, 0.3) is 0 Å². The maximum Gasteiger partial charge on any atom is 0.338 e. The largest absolute Gasteiger partial charge is 0.455 e. The zero-order valence-electron chi connectivity index (χ0n) is 24.5. The van der Waals surface area contributed by atoms with Crippen LogP contribution in [0.5, 0.6) is 0 Å². The molecule has 0 spiro atoms. The highest BCUT2D eigenvalue weighted by atomic mass is 16.9. The van der Waals surface area contributed by atoms with Crippen molar-refractivity contribution in [2.45, 2.75) is 86.6 Å². The zero-order chi connectivity index (χ0) is 30.3. The van der Waals surface area contributed by atoms with Crippen molar-refractivity contribution in [2.24, 2.45) is 17.8 Å². The molecular formula is C34H36O9. The number of benzene rings is 2. The molecule has 6 aliphatic rings. The van der Waals surface area contributed by atoms with Crippen LogP contribution in [0.1, 0.15) is 43.6 Å². The average molecular weight is 589 g/mol. The van der Waals surface area contributed by atoms with Crippen LogP contribution in [0.3, 0.4) is 0 Å². The molecule has 226 valence electrons. The van der Waals surface area contributed by atoms with Crippen molar-refractivity contribution in [3.63, 3.8) is 0 Å². The molecule has 3 bridgehead atoms. The van der Waals surface area contributed by atoms with Crippen molar-refractivity contribution >= 4 is 5.97 Å². The lowest BCUT2D eigenvalue weighted by Crippen LogP contribution is -2.76. The predicted molar refractivity (Wildman–Crippen MR) is 151 cm³/mol. The lowest BCUT2D eigenvalue weighted by molar-refractivity contribution is -0.442. The first kappa shape index (κ1) is 27.6. The monoisotopic (exact) mass is 588 g/mol. The van der Waals surface area contributed by atoms with Crippen molar-refractivity contribution in [1.29, 1.82) is 0 Å². The van der Waals surface area contributed by atoms with Gasteiger partial charge in [-0.2, -0.15) is 0 Å². The number of fused-ring (bicyclic) bond motifs is 3. The summed E-state index contributed by atoms with van der Waals surface area (Å²) in [4.78, 5) is 13.7. The number of ether oxygens (including phenoxy) is 5. The molecule has 0 radical (unpaired) electrons. The Morgan fingerprint density at radius 2 is 1.63 bits per heavy atom. The van der Waals surface area contributed by atoms with Crippen LogP contribution >= 0.6 is 0 Å². The molecule has 9 heteroatoms. The molecule has 3 heterocycles. The summed E-state index contributed by atoms with van der Waals surface area (Å²) in [7, 11) is 0. The van der Waals surface area contributed by atoms with Gasteiger partial charge in [-0.15, -0.1) is 0 Å². The Bertz CT molecular complexity index is 1560. The summed E-state index contributed by atoms with van der Waals surface area (Å²) in [6.07, 6.45) is -3.46. The van der Waals surface area contributed by atoms with E-state index in [-0.39, 0.29) is 0 Å². The quantitative estimate of drug-likeness (QED) is 0.281. The van der Waals surface area contributed by atoms with Gasteiger partial charge in [0.25, 0.3) is 0 Å². The van der Waals surface area contributed by atoms with E-state index in [2.05, 4.69) is 6.58 Å². The number of aliphatic hydroxyl groups excluding tert-OH is 2. The van der Waals surface area contributed by atoms with Gasteiger partial charge in [0, 0.05) is 23.3 Å². The van der Waals surface area contributed by atoms with Crippen LogP contribution in [0, 0.1) is 17.8 Å². The van der Waals surface area contributed by atoms with Crippen LogP contribution in [0.15, 0.2) is 84.5 Å². The highest BCUT2D eigenvalue weighted by Gasteiger charge is 2.89. The minimum absolute atomic E-state index is 0.366. The third-order valence-corrected chi connectivity index (χ3v) is 11.3. The Labute approximate surface area is 249 Å². The SMILES string of the molecule is C=C(C)[C@@]12O[C@@]3(c4ccccc4)O[C@@H]1[C@@H]1[C@@H]4O[C@]4(C)[C@@H](O)[C@@]4(O)[C@@H](C=C(C)[C@@H]4O)[C@@]1(O3)[C@H](C)[C@@H]2OC(=O)c1ccccc1. The van der Waals surface area contributed by atoms with Crippen LogP contribution in [-0.2, 0) is 29.7 Å². The number of esters is 1. The van der Waals surface area contributed by atoms with Gasteiger partial charge in [-0.1, -0.05) is 68.1 Å². The Morgan fingerprint density at radius 3 is 2.28 bits per heavy atom. The molecule has 5 fully saturated rings. The second-order valence-corrected chi connectivity index (χ2v) is 13.4. The normalized spacial score (nSPS) is 50.2. The standard InChI is InChI=1S/C34H36O9/c1-17(2)32-25(39-28(36)20-12-8-6-9-13-20)19(4)33-22-16-18(3)24(35)31(22,38)29(37)30(5)26(40-30)23(33)27(32)41-34(42-32,43-33)21-14-10-7-11-15-21/h6-16,19,22-27,29,35,37-38H,1H2,2-5H3/t19-,22-,23+,24+,25+,26+,27-,29-,30+,31-,32+,33+,34-/m1/s1. The summed E-state index contributed by atoms with van der Waals surface area (Å²) in [5, 5.41) is 35.8. The van der Waals surface area contributed by atoms with Gasteiger partial charge in [0.1, 0.15) is 35.6 Å². The lowest BCUT2D eigenvalue weighted by atomic mass is 9.53. The fraction of sp³-hybridized carbons (Fsp3) is 0.500. The first-order valence-corrected chi connectivity index (χ1v) is 14.9. The van der Waals surface area contributed by atoms with E-state index in [9.17, 15) is 20.1 Å². The maximum absolute atomic E-state index is 13.7. The van der Waals surface area contributed by atoms with Gasteiger partial charge in [0.15, 0.2) is 5.60 Å². The van der Waals surface area contributed by atoms with E-state index >= 15 is 0 Å². The predicted octanol–water partition coefficient (Wildman–Crippen LogP) is 2.99. The Kier molecular flexibility index (Phi) is 5.42. The number of rotatable bonds is 4. The average Bonchev–Trinajstić information content (AvgIpc) is 3.55. The van der Waals surface area contributed by atoms with E-state index in [1.807, 2.05) is 50.2 Å². The van der Waals surface area contributed by atoms with E-state index in [1.54, 1.807) is 44.2 Å². The van der Waals surface area contributed by atoms with Crippen LogP contribution < -0.4 is 0 Å². The van der Waals surface area contributed by atoms with Gasteiger partial charge in [-0.25, -0.2) is 4.79 Å². The highest BCUT2D eigenvalue weighted by Crippen LogP contribution is 2.74.